The van der Waals surface area contributed by atoms with E-state index in [0.29, 0.717) is 17.5 Å². The highest BCUT2D eigenvalue weighted by atomic mass is 16.2. The number of amides is 2. The summed E-state index contributed by atoms with van der Waals surface area (Å²) >= 11 is 0. The summed E-state index contributed by atoms with van der Waals surface area (Å²) in [6, 6.07) is 6.82. The molecule has 1 aliphatic heterocycles. The van der Waals surface area contributed by atoms with Crippen molar-refractivity contribution in [3.63, 3.8) is 0 Å². The second kappa shape index (κ2) is 5.65. The van der Waals surface area contributed by atoms with E-state index in [1.165, 1.54) is 4.90 Å². The number of allylic oxidation sites excluding steroid dienone is 1. The molecule has 1 unspecified atom stereocenters. The lowest BCUT2D eigenvalue weighted by Crippen LogP contribution is -2.39. The summed E-state index contributed by atoms with van der Waals surface area (Å²) in [6.07, 6.45) is 5.65. The van der Waals surface area contributed by atoms with E-state index >= 15 is 0 Å². The monoisotopic (exact) mass is 255 g/mol. The van der Waals surface area contributed by atoms with E-state index in [4.69, 9.17) is 0 Å². The van der Waals surface area contributed by atoms with Crippen LogP contribution in [0.1, 0.15) is 40.0 Å². The summed E-state index contributed by atoms with van der Waals surface area (Å²) in [5.41, 5.74) is 1.00. The second-order valence-electron chi connectivity index (χ2n) is 4.57. The SMILES string of the molecule is C=CCCC(CC=C)N1C(=O)c2ccccc2C1=O. The molecule has 1 heterocycles. The van der Waals surface area contributed by atoms with Gasteiger partial charge < -0.3 is 0 Å². The molecule has 98 valence electrons. The molecule has 0 radical (unpaired) electrons. The number of benzene rings is 1. The molecule has 2 rings (SSSR count). The molecule has 1 aromatic carbocycles. The lowest BCUT2D eigenvalue weighted by Gasteiger charge is -2.24. The number of carbonyl (C=O) groups excluding carboxylic acids is 2. The Kier molecular flexibility index (Phi) is 3.95. The van der Waals surface area contributed by atoms with Crippen molar-refractivity contribution in [1.82, 2.24) is 4.90 Å². The molecule has 0 saturated carbocycles. The largest absolute Gasteiger partial charge is 0.271 e. The molecule has 0 bridgehead atoms. The van der Waals surface area contributed by atoms with Crippen molar-refractivity contribution in [2.45, 2.75) is 25.3 Å². The predicted molar refractivity (Wildman–Crippen MR) is 75.0 cm³/mol. The number of nitrogens with zero attached hydrogens (tertiary/aromatic N) is 1. The van der Waals surface area contributed by atoms with Gasteiger partial charge in [-0.25, -0.2) is 0 Å². The molecule has 0 aliphatic carbocycles. The molecule has 3 nitrogen and oxygen atoms in total. The molecular weight excluding hydrogens is 238 g/mol. The van der Waals surface area contributed by atoms with Gasteiger partial charge in [-0.15, -0.1) is 13.2 Å². The van der Waals surface area contributed by atoms with E-state index in [-0.39, 0.29) is 17.9 Å². The Balaban J connectivity index is 2.30. The van der Waals surface area contributed by atoms with Gasteiger partial charge in [-0.05, 0) is 31.4 Å². The van der Waals surface area contributed by atoms with Gasteiger partial charge in [0.1, 0.15) is 0 Å². The number of hydrogen-bond acceptors (Lipinski definition) is 2. The van der Waals surface area contributed by atoms with E-state index in [9.17, 15) is 9.59 Å². The zero-order chi connectivity index (χ0) is 13.8. The van der Waals surface area contributed by atoms with Gasteiger partial charge >= 0.3 is 0 Å². The Hall–Kier alpha value is -2.16. The highest BCUT2D eigenvalue weighted by Gasteiger charge is 2.38. The van der Waals surface area contributed by atoms with Crippen LogP contribution >= 0.6 is 0 Å². The van der Waals surface area contributed by atoms with E-state index in [0.717, 1.165) is 12.8 Å². The average molecular weight is 255 g/mol. The fourth-order valence-corrected chi connectivity index (χ4v) is 2.39. The van der Waals surface area contributed by atoms with Gasteiger partial charge in [-0.3, -0.25) is 14.5 Å². The molecule has 19 heavy (non-hydrogen) atoms. The first-order valence-electron chi connectivity index (χ1n) is 6.39. The molecule has 1 aromatic rings. The zero-order valence-corrected chi connectivity index (χ0v) is 10.8. The Bertz CT molecular complexity index is 498. The molecular formula is C16H17NO2. The molecule has 0 saturated heterocycles. The van der Waals surface area contributed by atoms with Crippen LogP contribution in [0.5, 0.6) is 0 Å². The zero-order valence-electron chi connectivity index (χ0n) is 10.8. The standard InChI is InChI=1S/C16H17NO2/c1-3-5-9-12(8-4-2)17-15(18)13-10-6-7-11-14(13)16(17)19/h3-4,6-7,10-12H,1-2,5,8-9H2. The van der Waals surface area contributed by atoms with Gasteiger partial charge in [0.25, 0.3) is 11.8 Å². The third-order valence-electron chi connectivity index (χ3n) is 3.33. The highest BCUT2D eigenvalue weighted by Crippen LogP contribution is 2.27. The van der Waals surface area contributed by atoms with E-state index in [1.54, 1.807) is 36.4 Å². The van der Waals surface area contributed by atoms with Crippen molar-refractivity contribution >= 4 is 11.8 Å². The van der Waals surface area contributed by atoms with Crippen LogP contribution in [0.25, 0.3) is 0 Å². The third kappa shape index (κ3) is 2.36. The van der Waals surface area contributed by atoms with E-state index < -0.39 is 0 Å². The van der Waals surface area contributed by atoms with Crippen molar-refractivity contribution < 1.29 is 9.59 Å². The topological polar surface area (TPSA) is 37.4 Å². The molecule has 3 heteroatoms. The molecule has 0 N–H and O–H groups in total. The summed E-state index contributed by atoms with van der Waals surface area (Å²) in [6.45, 7) is 7.39. The lowest BCUT2D eigenvalue weighted by atomic mass is 10.1. The predicted octanol–water partition coefficient (Wildman–Crippen LogP) is 3.19. The van der Waals surface area contributed by atoms with Crippen molar-refractivity contribution in [3.05, 3.63) is 60.7 Å². The third-order valence-corrected chi connectivity index (χ3v) is 3.33. The van der Waals surface area contributed by atoms with Crippen LogP contribution in [0.2, 0.25) is 0 Å². The highest BCUT2D eigenvalue weighted by molar-refractivity contribution is 6.21. The summed E-state index contributed by atoms with van der Waals surface area (Å²) in [5, 5.41) is 0. The van der Waals surface area contributed by atoms with Crippen LogP contribution in [0.3, 0.4) is 0 Å². The first-order chi connectivity index (χ1) is 9.20. The van der Waals surface area contributed by atoms with Gasteiger partial charge in [0.05, 0.1) is 11.1 Å². The minimum absolute atomic E-state index is 0.136. The number of hydrogen-bond donors (Lipinski definition) is 0. The van der Waals surface area contributed by atoms with E-state index in [1.807, 2.05) is 0 Å². The molecule has 1 aliphatic rings. The quantitative estimate of drug-likeness (QED) is 0.578. The van der Waals surface area contributed by atoms with Crippen LogP contribution in [-0.2, 0) is 0 Å². The summed E-state index contributed by atoms with van der Waals surface area (Å²) < 4.78 is 0. The Morgan fingerprint density at radius 3 is 2.11 bits per heavy atom. The van der Waals surface area contributed by atoms with Gasteiger partial charge in [0, 0.05) is 6.04 Å². The van der Waals surface area contributed by atoms with Gasteiger partial charge in [-0.2, -0.15) is 0 Å². The van der Waals surface area contributed by atoms with Gasteiger partial charge in [0.15, 0.2) is 0 Å². The Labute approximate surface area is 113 Å². The summed E-state index contributed by atoms with van der Waals surface area (Å²) in [7, 11) is 0. The number of imide groups is 1. The number of carbonyl (C=O) groups is 2. The smallest absolute Gasteiger partial charge is 0.261 e. The van der Waals surface area contributed by atoms with E-state index in [2.05, 4.69) is 13.2 Å². The minimum Gasteiger partial charge on any atom is -0.271 e. The summed E-state index contributed by atoms with van der Waals surface area (Å²) in [4.78, 5) is 26.0. The fourth-order valence-electron chi connectivity index (χ4n) is 2.39. The van der Waals surface area contributed by atoms with Crippen molar-refractivity contribution in [2.75, 3.05) is 0 Å². The average Bonchev–Trinajstić information content (AvgIpc) is 2.68. The fraction of sp³-hybridized carbons (Fsp3) is 0.250. The maximum atomic E-state index is 12.3. The minimum atomic E-state index is -0.198. The Morgan fingerprint density at radius 2 is 1.63 bits per heavy atom. The summed E-state index contributed by atoms with van der Waals surface area (Å²) in [5.74, 6) is -0.395. The Morgan fingerprint density at radius 1 is 1.05 bits per heavy atom. The van der Waals surface area contributed by atoms with Crippen molar-refractivity contribution in [2.24, 2.45) is 0 Å². The number of rotatable bonds is 6. The van der Waals surface area contributed by atoms with Crippen molar-refractivity contribution in [1.29, 1.82) is 0 Å². The maximum absolute atomic E-state index is 12.3. The molecule has 0 spiro atoms. The van der Waals surface area contributed by atoms with Gasteiger partial charge in [0.2, 0.25) is 0 Å². The molecule has 0 fully saturated rings. The van der Waals surface area contributed by atoms with Crippen LogP contribution in [0, 0.1) is 0 Å². The first-order valence-corrected chi connectivity index (χ1v) is 6.39. The van der Waals surface area contributed by atoms with Crippen LogP contribution < -0.4 is 0 Å². The first kappa shape index (κ1) is 13.3. The van der Waals surface area contributed by atoms with Gasteiger partial charge in [-0.1, -0.05) is 24.3 Å². The number of fused-ring (bicyclic) bond motifs is 1. The van der Waals surface area contributed by atoms with Crippen LogP contribution in [0.4, 0.5) is 0 Å². The lowest BCUT2D eigenvalue weighted by molar-refractivity contribution is 0.0578. The second-order valence-corrected chi connectivity index (χ2v) is 4.57. The van der Waals surface area contributed by atoms with Crippen molar-refractivity contribution in [3.8, 4) is 0 Å². The molecule has 2 amide bonds. The molecule has 0 aromatic heterocycles. The maximum Gasteiger partial charge on any atom is 0.261 e. The van der Waals surface area contributed by atoms with Crippen LogP contribution in [0.15, 0.2) is 49.6 Å². The van der Waals surface area contributed by atoms with Crippen LogP contribution in [-0.4, -0.2) is 22.8 Å². The normalized spacial score (nSPS) is 15.3. The molecule has 1 atom stereocenters.